The summed E-state index contributed by atoms with van der Waals surface area (Å²) in [5.74, 6) is -2.05. The summed E-state index contributed by atoms with van der Waals surface area (Å²) in [6.07, 6.45) is 0. The van der Waals surface area contributed by atoms with Crippen molar-refractivity contribution in [2.75, 3.05) is 5.73 Å². The van der Waals surface area contributed by atoms with Crippen molar-refractivity contribution in [2.45, 2.75) is 6.61 Å². The van der Waals surface area contributed by atoms with Crippen LogP contribution in [0.4, 0.5) is 14.5 Å². The molecule has 0 saturated heterocycles. The summed E-state index contributed by atoms with van der Waals surface area (Å²) >= 11 is 5.80. The van der Waals surface area contributed by atoms with Gasteiger partial charge in [-0.2, -0.15) is 0 Å². The molecule has 0 spiro atoms. The fraction of sp³-hybridized carbons (Fsp3) is 0.0714. The first kappa shape index (κ1) is 14.3. The maximum absolute atomic E-state index is 13.5. The van der Waals surface area contributed by atoms with Crippen LogP contribution >= 0.6 is 11.6 Å². The molecule has 0 aliphatic carbocycles. The first-order valence-corrected chi connectivity index (χ1v) is 6.02. The summed E-state index contributed by atoms with van der Waals surface area (Å²) in [5, 5.41) is 0.144. The van der Waals surface area contributed by atoms with E-state index < -0.39 is 17.6 Å². The van der Waals surface area contributed by atoms with Gasteiger partial charge in [-0.3, -0.25) is 0 Å². The lowest BCUT2D eigenvalue weighted by molar-refractivity contribution is 0.0470. The van der Waals surface area contributed by atoms with Gasteiger partial charge in [-0.1, -0.05) is 17.7 Å². The van der Waals surface area contributed by atoms with Crippen LogP contribution in [0.3, 0.4) is 0 Å². The van der Waals surface area contributed by atoms with Crippen LogP contribution in [0.2, 0.25) is 5.02 Å². The smallest absolute Gasteiger partial charge is 0.340 e. The molecule has 0 aliphatic heterocycles. The molecule has 0 atom stereocenters. The molecule has 20 heavy (non-hydrogen) atoms. The summed E-state index contributed by atoms with van der Waals surface area (Å²) in [5.41, 5.74) is 5.57. The van der Waals surface area contributed by atoms with Crippen LogP contribution in [0.5, 0.6) is 0 Å². The van der Waals surface area contributed by atoms with E-state index >= 15 is 0 Å². The van der Waals surface area contributed by atoms with Gasteiger partial charge in [-0.05, 0) is 30.3 Å². The highest BCUT2D eigenvalue weighted by Crippen LogP contribution is 2.21. The Bertz CT molecular complexity index is 641. The third-order valence-corrected chi connectivity index (χ3v) is 3.00. The Morgan fingerprint density at radius 2 is 2.00 bits per heavy atom. The van der Waals surface area contributed by atoms with Gasteiger partial charge >= 0.3 is 5.97 Å². The molecule has 0 saturated carbocycles. The quantitative estimate of drug-likeness (QED) is 0.696. The molecule has 6 heteroatoms. The number of nitrogen functional groups attached to an aromatic ring is 1. The first-order chi connectivity index (χ1) is 9.49. The number of carbonyl (C=O) groups excluding carboxylic acids is 1. The summed E-state index contributed by atoms with van der Waals surface area (Å²) in [7, 11) is 0. The number of benzene rings is 2. The van der Waals surface area contributed by atoms with Crippen molar-refractivity contribution in [2.24, 2.45) is 0 Å². The summed E-state index contributed by atoms with van der Waals surface area (Å²) < 4.78 is 31.4. The second-order valence-electron chi connectivity index (χ2n) is 4.01. The van der Waals surface area contributed by atoms with Crippen LogP contribution in [-0.2, 0) is 11.3 Å². The van der Waals surface area contributed by atoms with Crippen LogP contribution in [0, 0.1) is 11.6 Å². The molecule has 3 nitrogen and oxygen atoms in total. The molecule has 0 bridgehead atoms. The molecule has 104 valence electrons. The SMILES string of the molecule is Nc1ccc(F)cc1C(=O)OCc1c(F)cccc1Cl. The second-order valence-corrected chi connectivity index (χ2v) is 4.42. The average Bonchev–Trinajstić information content (AvgIpc) is 2.40. The highest BCUT2D eigenvalue weighted by atomic mass is 35.5. The van der Waals surface area contributed by atoms with Crippen LogP contribution in [0.1, 0.15) is 15.9 Å². The van der Waals surface area contributed by atoms with Gasteiger partial charge in [-0.25, -0.2) is 13.6 Å². The van der Waals surface area contributed by atoms with E-state index in [4.69, 9.17) is 22.1 Å². The molecular formula is C14H10ClF2NO2. The zero-order valence-electron chi connectivity index (χ0n) is 10.2. The minimum atomic E-state index is -0.846. The van der Waals surface area contributed by atoms with Gasteiger partial charge in [0.1, 0.15) is 18.2 Å². The molecule has 0 heterocycles. The molecule has 0 unspecified atom stereocenters. The number of nitrogens with two attached hydrogens (primary N) is 1. The molecule has 0 radical (unpaired) electrons. The van der Waals surface area contributed by atoms with E-state index in [-0.39, 0.29) is 28.4 Å². The van der Waals surface area contributed by atoms with E-state index in [1.165, 1.54) is 24.3 Å². The minimum Gasteiger partial charge on any atom is -0.457 e. The standard InChI is InChI=1S/C14H10ClF2NO2/c15-11-2-1-3-12(17)10(11)7-20-14(19)9-6-8(16)4-5-13(9)18/h1-6H,7,18H2. The molecule has 0 amide bonds. The normalized spacial score (nSPS) is 10.3. The Balaban J connectivity index is 2.15. The Morgan fingerprint density at radius 3 is 2.70 bits per heavy atom. The number of ether oxygens (including phenoxy) is 1. The Hall–Kier alpha value is -2.14. The van der Waals surface area contributed by atoms with E-state index in [0.717, 1.165) is 12.1 Å². The molecular weight excluding hydrogens is 288 g/mol. The molecule has 0 fully saturated rings. The van der Waals surface area contributed by atoms with Crippen LogP contribution in [0.15, 0.2) is 36.4 Å². The number of rotatable bonds is 3. The zero-order valence-corrected chi connectivity index (χ0v) is 11.0. The molecule has 0 aromatic heterocycles. The van der Waals surface area contributed by atoms with Crippen molar-refractivity contribution in [1.29, 1.82) is 0 Å². The van der Waals surface area contributed by atoms with Crippen molar-refractivity contribution in [3.63, 3.8) is 0 Å². The average molecular weight is 298 g/mol. The maximum atomic E-state index is 13.5. The lowest BCUT2D eigenvalue weighted by Gasteiger charge is -2.09. The predicted octanol–water partition coefficient (Wildman–Crippen LogP) is 3.56. The van der Waals surface area contributed by atoms with Crippen molar-refractivity contribution >= 4 is 23.3 Å². The van der Waals surface area contributed by atoms with Gasteiger partial charge in [0.2, 0.25) is 0 Å². The van der Waals surface area contributed by atoms with E-state index in [0.29, 0.717) is 0 Å². The van der Waals surface area contributed by atoms with E-state index in [1.807, 2.05) is 0 Å². The van der Waals surface area contributed by atoms with Crippen molar-refractivity contribution in [3.8, 4) is 0 Å². The van der Waals surface area contributed by atoms with E-state index in [9.17, 15) is 13.6 Å². The van der Waals surface area contributed by atoms with Gasteiger partial charge in [0.25, 0.3) is 0 Å². The lowest BCUT2D eigenvalue weighted by atomic mass is 10.2. The fourth-order valence-electron chi connectivity index (χ4n) is 1.59. The molecule has 2 aromatic carbocycles. The third kappa shape index (κ3) is 3.05. The van der Waals surface area contributed by atoms with Crippen molar-refractivity contribution in [1.82, 2.24) is 0 Å². The highest BCUT2D eigenvalue weighted by Gasteiger charge is 2.15. The number of hydrogen-bond acceptors (Lipinski definition) is 3. The van der Waals surface area contributed by atoms with E-state index in [2.05, 4.69) is 0 Å². The first-order valence-electron chi connectivity index (χ1n) is 5.64. The third-order valence-electron chi connectivity index (χ3n) is 2.64. The molecule has 2 rings (SSSR count). The summed E-state index contributed by atoms with van der Waals surface area (Å²) in [4.78, 5) is 11.8. The number of hydrogen-bond donors (Lipinski definition) is 1. The number of esters is 1. The Labute approximate surface area is 118 Å². The Morgan fingerprint density at radius 1 is 1.25 bits per heavy atom. The number of halogens is 3. The van der Waals surface area contributed by atoms with Crippen LogP contribution < -0.4 is 5.73 Å². The van der Waals surface area contributed by atoms with Crippen molar-refractivity contribution < 1.29 is 18.3 Å². The maximum Gasteiger partial charge on any atom is 0.340 e. The minimum absolute atomic E-state index is 0.0532. The molecule has 0 aliphatic rings. The second kappa shape index (κ2) is 5.88. The van der Waals surface area contributed by atoms with Gasteiger partial charge in [-0.15, -0.1) is 0 Å². The molecule has 2 N–H and O–H groups in total. The zero-order chi connectivity index (χ0) is 14.7. The van der Waals surface area contributed by atoms with Crippen LogP contribution in [0.25, 0.3) is 0 Å². The van der Waals surface area contributed by atoms with Gasteiger partial charge < -0.3 is 10.5 Å². The largest absolute Gasteiger partial charge is 0.457 e. The lowest BCUT2D eigenvalue weighted by Crippen LogP contribution is -2.09. The van der Waals surface area contributed by atoms with E-state index in [1.54, 1.807) is 0 Å². The molecule has 2 aromatic rings. The highest BCUT2D eigenvalue weighted by molar-refractivity contribution is 6.31. The topological polar surface area (TPSA) is 52.3 Å². The van der Waals surface area contributed by atoms with Gasteiger partial charge in [0.15, 0.2) is 0 Å². The number of anilines is 1. The van der Waals surface area contributed by atoms with Gasteiger partial charge in [0, 0.05) is 11.3 Å². The van der Waals surface area contributed by atoms with Crippen molar-refractivity contribution in [3.05, 3.63) is 64.2 Å². The predicted molar refractivity (Wildman–Crippen MR) is 71.3 cm³/mol. The Kier molecular flexibility index (Phi) is 4.20. The summed E-state index contributed by atoms with van der Waals surface area (Å²) in [6, 6.07) is 7.45. The monoisotopic (exact) mass is 297 g/mol. The fourth-order valence-corrected chi connectivity index (χ4v) is 1.81. The summed E-state index contributed by atoms with van der Waals surface area (Å²) in [6.45, 7) is -0.361. The number of carbonyl (C=O) groups is 1. The van der Waals surface area contributed by atoms with Gasteiger partial charge in [0.05, 0.1) is 10.6 Å². The van der Waals surface area contributed by atoms with Crippen LogP contribution in [-0.4, -0.2) is 5.97 Å².